The summed E-state index contributed by atoms with van der Waals surface area (Å²) in [4.78, 5) is 12.4. The van der Waals surface area contributed by atoms with Crippen LogP contribution in [0, 0.1) is 34.5 Å². The van der Waals surface area contributed by atoms with Crippen LogP contribution in [0.15, 0.2) is 12.2 Å². The first-order chi connectivity index (χ1) is 10.4. The molecule has 4 unspecified atom stereocenters. The zero-order valence-corrected chi connectivity index (χ0v) is 14.1. The molecule has 0 aliphatic heterocycles. The van der Waals surface area contributed by atoms with E-state index >= 15 is 0 Å². The summed E-state index contributed by atoms with van der Waals surface area (Å²) in [6, 6.07) is 0. The van der Waals surface area contributed by atoms with Crippen LogP contribution in [0.2, 0.25) is 0 Å². The van der Waals surface area contributed by atoms with Gasteiger partial charge in [0, 0.05) is 11.8 Å². The van der Waals surface area contributed by atoms with E-state index in [1.807, 2.05) is 0 Å². The van der Waals surface area contributed by atoms with Crippen LogP contribution in [0.4, 0.5) is 0 Å². The molecule has 0 aromatic heterocycles. The summed E-state index contributed by atoms with van der Waals surface area (Å²) in [5.41, 5.74) is 1.64. The standard InChI is InChI=1S/C20H30O2/c1-12-10-14-15-4-5-18(22)20(15,3)9-7-16(14)19(2)8-6-13(21)11-17(12)19/h13-17,21H,1,4-11H2,2-3H3/t13?,14-,15?,16?,17?,19+,20-/m1/s1. The Morgan fingerprint density at radius 1 is 1.14 bits per heavy atom. The number of fused-ring (bicyclic) bond motifs is 5. The Bertz CT molecular complexity index is 524. The Kier molecular flexibility index (Phi) is 3.18. The van der Waals surface area contributed by atoms with E-state index in [1.54, 1.807) is 0 Å². The minimum Gasteiger partial charge on any atom is -0.393 e. The van der Waals surface area contributed by atoms with Crippen LogP contribution in [-0.4, -0.2) is 17.0 Å². The molecule has 0 radical (unpaired) electrons. The second-order valence-corrected chi connectivity index (χ2v) is 9.14. The third-order valence-corrected chi connectivity index (χ3v) is 8.30. The molecule has 2 heteroatoms. The van der Waals surface area contributed by atoms with Crippen molar-refractivity contribution < 1.29 is 9.90 Å². The Morgan fingerprint density at radius 3 is 2.68 bits per heavy atom. The van der Waals surface area contributed by atoms with Crippen molar-refractivity contribution in [2.24, 2.45) is 34.5 Å². The fraction of sp³-hybridized carbons (Fsp3) is 0.850. The van der Waals surface area contributed by atoms with E-state index in [-0.39, 0.29) is 11.5 Å². The van der Waals surface area contributed by atoms with Gasteiger partial charge in [-0.1, -0.05) is 26.0 Å². The summed E-state index contributed by atoms with van der Waals surface area (Å²) < 4.78 is 0. The number of rotatable bonds is 0. The smallest absolute Gasteiger partial charge is 0.139 e. The maximum Gasteiger partial charge on any atom is 0.139 e. The molecule has 0 aromatic carbocycles. The van der Waals surface area contributed by atoms with Crippen LogP contribution in [0.25, 0.3) is 0 Å². The van der Waals surface area contributed by atoms with Crippen LogP contribution in [-0.2, 0) is 4.79 Å². The van der Waals surface area contributed by atoms with Crippen molar-refractivity contribution in [3.05, 3.63) is 12.2 Å². The fourth-order valence-corrected chi connectivity index (χ4v) is 6.99. The van der Waals surface area contributed by atoms with Crippen molar-refractivity contribution in [1.82, 2.24) is 0 Å². The number of carbonyl (C=O) groups is 1. The van der Waals surface area contributed by atoms with E-state index < -0.39 is 0 Å². The summed E-state index contributed by atoms with van der Waals surface area (Å²) in [6.45, 7) is 9.13. The van der Waals surface area contributed by atoms with Gasteiger partial charge in [-0.2, -0.15) is 0 Å². The summed E-state index contributed by atoms with van der Waals surface area (Å²) in [7, 11) is 0. The van der Waals surface area contributed by atoms with Crippen molar-refractivity contribution in [2.75, 3.05) is 0 Å². The van der Waals surface area contributed by atoms with Crippen LogP contribution in [0.1, 0.15) is 65.2 Å². The second-order valence-electron chi connectivity index (χ2n) is 9.14. The van der Waals surface area contributed by atoms with Gasteiger partial charge in [0.15, 0.2) is 0 Å². The van der Waals surface area contributed by atoms with Crippen molar-refractivity contribution in [3.63, 3.8) is 0 Å². The topological polar surface area (TPSA) is 37.3 Å². The molecule has 4 saturated carbocycles. The van der Waals surface area contributed by atoms with E-state index in [9.17, 15) is 9.90 Å². The highest BCUT2D eigenvalue weighted by Gasteiger charge is 2.60. The molecule has 4 rings (SSSR count). The maximum absolute atomic E-state index is 12.4. The molecule has 7 atom stereocenters. The van der Waals surface area contributed by atoms with Gasteiger partial charge in [-0.05, 0) is 74.0 Å². The molecular formula is C20H30O2. The molecule has 0 saturated heterocycles. The predicted molar refractivity (Wildman–Crippen MR) is 87.3 cm³/mol. The number of Topliss-reactive ketones (excluding diaryl/α,β-unsaturated/α-hetero) is 1. The van der Waals surface area contributed by atoms with Gasteiger partial charge in [0.25, 0.3) is 0 Å². The molecule has 0 amide bonds. The first kappa shape index (κ1) is 14.9. The largest absolute Gasteiger partial charge is 0.393 e. The van der Waals surface area contributed by atoms with E-state index in [0.29, 0.717) is 29.0 Å². The van der Waals surface area contributed by atoms with E-state index in [1.165, 1.54) is 12.0 Å². The Hall–Kier alpha value is -0.630. The molecule has 0 spiro atoms. The minimum atomic E-state index is -0.131. The molecule has 2 nitrogen and oxygen atoms in total. The lowest BCUT2D eigenvalue weighted by Gasteiger charge is -2.60. The molecular weight excluding hydrogens is 272 g/mol. The van der Waals surface area contributed by atoms with Crippen molar-refractivity contribution in [1.29, 1.82) is 0 Å². The highest BCUT2D eigenvalue weighted by atomic mass is 16.3. The summed E-state index contributed by atoms with van der Waals surface area (Å²) in [5.74, 6) is 3.00. The monoisotopic (exact) mass is 302 g/mol. The van der Waals surface area contributed by atoms with Gasteiger partial charge in [0.2, 0.25) is 0 Å². The predicted octanol–water partition coefficient (Wildman–Crippen LogP) is 4.13. The Balaban J connectivity index is 1.69. The summed E-state index contributed by atoms with van der Waals surface area (Å²) in [6.07, 6.45) is 8.18. The average Bonchev–Trinajstić information content (AvgIpc) is 2.77. The fourth-order valence-electron chi connectivity index (χ4n) is 6.99. The van der Waals surface area contributed by atoms with Gasteiger partial charge in [-0.15, -0.1) is 0 Å². The minimum absolute atomic E-state index is 0.0428. The van der Waals surface area contributed by atoms with E-state index in [0.717, 1.165) is 50.9 Å². The third kappa shape index (κ3) is 1.79. The van der Waals surface area contributed by atoms with Gasteiger partial charge >= 0.3 is 0 Å². The lowest BCUT2D eigenvalue weighted by Crippen LogP contribution is -2.54. The molecule has 22 heavy (non-hydrogen) atoms. The molecule has 4 aliphatic rings. The Morgan fingerprint density at radius 2 is 1.91 bits per heavy atom. The van der Waals surface area contributed by atoms with Crippen LogP contribution in [0.3, 0.4) is 0 Å². The molecule has 0 aromatic rings. The third-order valence-electron chi connectivity index (χ3n) is 8.30. The van der Waals surface area contributed by atoms with Crippen molar-refractivity contribution >= 4 is 5.78 Å². The number of ketones is 1. The zero-order valence-electron chi connectivity index (χ0n) is 14.1. The highest BCUT2D eigenvalue weighted by molar-refractivity contribution is 5.87. The second kappa shape index (κ2) is 4.69. The summed E-state index contributed by atoms with van der Waals surface area (Å²) in [5, 5.41) is 10.1. The quantitative estimate of drug-likeness (QED) is 0.683. The van der Waals surface area contributed by atoms with Crippen LogP contribution < -0.4 is 0 Å². The number of hydrogen-bond acceptors (Lipinski definition) is 2. The number of aliphatic hydroxyl groups excluding tert-OH is 1. The normalized spacial score (nSPS) is 54.6. The van der Waals surface area contributed by atoms with Crippen molar-refractivity contribution in [3.8, 4) is 0 Å². The Labute approximate surface area is 134 Å². The number of allylic oxidation sites excluding steroid dienone is 1. The molecule has 4 aliphatic carbocycles. The highest BCUT2D eigenvalue weighted by Crippen LogP contribution is 2.66. The number of aliphatic hydroxyl groups is 1. The van der Waals surface area contributed by atoms with Gasteiger partial charge in [-0.25, -0.2) is 0 Å². The number of carbonyl (C=O) groups excluding carboxylic acids is 1. The van der Waals surface area contributed by atoms with Gasteiger partial charge in [0.1, 0.15) is 5.78 Å². The van der Waals surface area contributed by atoms with Crippen molar-refractivity contribution in [2.45, 2.75) is 71.3 Å². The van der Waals surface area contributed by atoms with Crippen LogP contribution >= 0.6 is 0 Å². The lowest BCUT2D eigenvalue weighted by molar-refractivity contribution is -0.136. The maximum atomic E-state index is 12.4. The molecule has 0 heterocycles. The zero-order chi connectivity index (χ0) is 15.7. The van der Waals surface area contributed by atoms with Gasteiger partial charge in [0.05, 0.1) is 6.10 Å². The van der Waals surface area contributed by atoms with Gasteiger partial charge < -0.3 is 5.11 Å². The SMILES string of the molecule is C=C1C[C@H]2C(CC[C@@]3(C)C(=O)CCC23)[C@]2(C)CCC(O)CC12. The molecule has 0 bridgehead atoms. The number of hydrogen-bond donors (Lipinski definition) is 1. The average molecular weight is 302 g/mol. The first-order valence-corrected chi connectivity index (χ1v) is 9.25. The van der Waals surface area contributed by atoms with E-state index in [4.69, 9.17) is 0 Å². The van der Waals surface area contributed by atoms with Gasteiger partial charge in [-0.3, -0.25) is 4.79 Å². The molecule has 1 N–H and O–H groups in total. The molecule has 122 valence electrons. The van der Waals surface area contributed by atoms with E-state index in [2.05, 4.69) is 20.4 Å². The van der Waals surface area contributed by atoms with Crippen LogP contribution in [0.5, 0.6) is 0 Å². The molecule has 4 fully saturated rings. The first-order valence-electron chi connectivity index (χ1n) is 9.25. The lowest BCUT2D eigenvalue weighted by atomic mass is 9.44. The summed E-state index contributed by atoms with van der Waals surface area (Å²) >= 11 is 0.